The predicted molar refractivity (Wildman–Crippen MR) is 14.7 cm³/mol. The van der Waals surface area contributed by atoms with Crippen molar-refractivity contribution in [2.75, 3.05) is 0 Å². The quantitative estimate of drug-likeness (QED) is 0.210. The SMILES string of the molecule is [N-]=[N+]=CC(=O)[O-]. The Hall–Kier alpha value is -1.15. The highest BCUT2D eigenvalue weighted by molar-refractivity contribution is 6.18. The van der Waals surface area contributed by atoms with Crippen LogP contribution in [0.5, 0.6) is 0 Å². The van der Waals surface area contributed by atoms with E-state index in [4.69, 9.17) is 5.53 Å². The van der Waals surface area contributed by atoms with Gasteiger partial charge in [0.1, 0.15) is 5.97 Å². The second-order valence-electron chi connectivity index (χ2n) is 0.564. The van der Waals surface area contributed by atoms with Gasteiger partial charge in [0.2, 0.25) is 0 Å². The van der Waals surface area contributed by atoms with E-state index in [2.05, 4.69) is 4.79 Å². The number of carboxylic acids is 1. The van der Waals surface area contributed by atoms with Crippen molar-refractivity contribution >= 4 is 12.2 Å². The van der Waals surface area contributed by atoms with Crippen molar-refractivity contribution in [1.82, 2.24) is 0 Å². The summed E-state index contributed by atoms with van der Waals surface area (Å²) in [5.41, 5.74) is 7.39. The lowest BCUT2D eigenvalue weighted by Crippen LogP contribution is -2.23. The fraction of sp³-hybridized carbons (Fsp3) is 0. The van der Waals surface area contributed by atoms with Crippen LogP contribution in [-0.4, -0.2) is 17.0 Å². The predicted octanol–water partition coefficient (Wildman–Crippen LogP) is -1.96. The number of aliphatic carboxylic acids is 1. The van der Waals surface area contributed by atoms with Gasteiger partial charge in [0.25, 0.3) is 0 Å². The molecule has 0 saturated carbocycles. The van der Waals surface area contributed by atoms with Crippen LogP contribution in [0.4, 0.5) is 0 Å². The Kier molecular flexibility index (Phi) is 1.71. The molecular formula is C2HN2O2-. The molecule has 0 unspecified atom stereocenters. The Morgan fingerprint density at radius 2 is 2.50 bits per heavy atom. The van der Waals surface area contributed by atoms with Gasteiger partial charge in [-0.05, 0) is 0 Å². The zero-order valence-electron chi connectivity index (χ0n) is 2.79. The number of carbonyl (C=O) groups is 1. The fourth-order valence-electron chi connectivity index (χ4n) is 0.0471. The van der Waals surface area contributed by atoms with Crippen LogP contribution in [0.25, 0.3) is 5.53 Å². The molecule has 0 aliphatic heterocycles. The summed E-state index contributed by atoms with van der Waals surface area (Å²) < 4.78 is 0. The van der Waals surface area contributed by atoms with Gasteiger partial charge < -0.3 is 15.4 Å². The molecule has 0 bridgehead atoms. The van der Waals surface area contributed by atoms with Crippen molar-refractivity contribution in [3.05, 3.63) is 5.53 Å². The van der Waals surface area contributed by atoms with Crippen molar-refractivity contribution in [3.63, 3.8) is 0 Å². The number of hydrogen-bond donors (Lipinski definition) is 0. The standard InChI is InChI=1S/C2H2N2O2/c3-4-1-2(5)6/h1H,(H,5,6)/p-1. The molecule has 0 aliphatic carbocycles. The minimum atomic E-state index is -1.50. The fourth-order valence-corrected chi connectivity index (χ4v) is 0.0471. The van der Waals surface area contributed by atoms with E-state index in [0.717, 1.165) is 0 Å². The Morgan fingerprint density at radius 1 is 2.00 bits per heavy atom. The van der Waals surface area contributed by atoms with Gasteiger partial charge in [0, 0.05) is 0 Å². The van der Waals surface area contributed by atoms with Crippen molar-refractivity contribution in [1.29, 1.82) is 0 Å². The molecule has 0 N–H and O–H groups in total. The van der Waals surface area contributed by atoms with Gasteiger partial charge >= 0.3 is 6.21 Å². The first-order valence-electron chi connectivity index (χ1n) is 1.16. The maximum absolute atomic E-state index is 9.18. The van der Waals surface area contributed by atoms with Crippen molar-refractivity contribution in [2.24, 2.45) is 0 Å². The number of carbonyl (C=O) groups excluding carboxylic acids is 1. The zero-order chi connectivity index (χ0) is 4.99. The molecule has 0 aliphatic rings. The van der Waals surface area contributed by atoms with E-state index in [1.807, 2.05) is 0 Å². The summed E-state index contributed by atoms with van der Waals surface area (Å²) in [7, 11) is 0. The third kappa shape index (κ3) is 2.85. The molecule has 4 nitrogen and oxygen atoms in total. The maximum atomic E-state index is 9.18. The number of carboxylic acid groups (broad SMARTS) is 1. The highest BCUT2D eigenvalue weighted by Gasteiger charge is 1.72. The molecule has 0 aromatic heterocycles. The van der Waals surface area contributed by atoms with Gasteiger partial charge in [-0.1, -0.05) is 0 Å². The zero-order valence-corrected chi connectivity index (χ0v) is 2.79. The highest BCUT2D eigenvalue weighted by atomic mass is 16.4. The molecule has 4 heteroatoms. The molecule has 0 atom stereocenters. The lowest BCUT2D eigenvalue weighted by molar-refractivity contribution is -0.296. The smallest absolute Gasteiger partial charge is 0.303 e. The van der Waals surface area contributed by atoms with Crippen molar-refractivity contribution < 1.29 is 14.7 Å². The number of hydrogen-bond acceptors (Lipinski definition) is 2. The molecular weight excluding hydrogens is 84.0 g/mol. The monoisotopic (exact) mass is 85.0 g/mol. The molecule has 0 aromatic carbocycles. The van der Waals surface area contributed by atoms with Gasteiger partial charge in [0.05, 0.1) is 0 Å². The molecule has 32 valence electrons. The van der Waals surface area contributed by atoms with Crippen LogP contribution in [0, 0.1) is 0 Å². The van der Waals surface area contributed by atoms with E-state index in [-0.39, 0.29) is 6.21 Å². The van der Waals surface area contributed by atoms with Gasteiger partial charge in [-0.3, -0.25) is 0 Å². The first-order chi connectivity index (χ1) is 2.77. The summed E-state index contributed by atoms with van der Waals surface area (Å²) in [6.07, 6.45) is 0.278. The van der Waals surface area contributed by atoms with E-state index in [1.165, 1.54) is 0 Å². The van der Waals surface area contributed by atoms with Gasteiger partial charge in [-0.2, -0.15) is 4.79 Å². The van der Waals surface area contributed by atoms with Crippen LogP contribution >= 0.6 is 0 Å². The molecule has 0 spiro atoms. The molecule has 0 rings (SSSR count). The lowest BCUT2D eigenvalue weighted by atomic mass is 10.8. The van der Waals surface area contributed by atoms with E-state index in [1.54, 1.807) is 0 Å². The number of nitrogens with zero attached hydrogens (tertiary/aromatic N) is 2. The van der Waals surface area contributed by atoms with Crippen LogP contribution in [0.1, 0.15) is 0 Å². The summed E-state index contributed by atoms with van der Waals surface area (Å²) in [6, 6.07) is 0. The van der Waals surface area contributed by atoms with E-state index >= 15 is 0 Å². The summed E-state index contributed by atoms with van der Waals surface area (Å²) in [5, 5.41) is 9.18. The van der Waals surface area contributed by atoms with Crippen molar-refractivity contribution in [3.8, 4) is 0 Å². The van der Waals surface area contributed by atoms with Crippen LogP contribution in [0.3, 0.4) is 0 Å². The molecule has 0 fully saturated rings. The van der Waals surface area contributed by atoms with Gasteiger partial charge in [0.15, 0.2) is 0 Å². The lowest BCUT2D eigenvalue weighted by Gasteiger charge is -1.73. The topological polar surface area (TPSA) is 76.5 Å². The largest absolute Gasteiger partial charge is 0.539 e. The van der Waals surface area contributed by atoms with Crippen molar-refractivity contribution in [2.45, 2.75) is 0 Å². The maximum Gasteiger partial charge on any atom is 0.303 e. The Morgan fingerprint density at radius 3 is 2.50 bits per heavy atom. The van der Waals surface area contributed by atoms with Crippen LogP contribution in [0.15, 0.2) is 0 Å². The molecule has 6 heavy (non-hydrogen) atoms. The second kappa shape index (κ2) is 2.11. The molecule has 0 aromatic rings. The summed E-state index contributed by atoms with van der Waals surface area (Å²) in [6.45, 7) is 0. The van der Waals surface area contributed by atoms with Gasteiger partial charge in [-0.15, -0.1) is 0 Å². The van der Waals surface area contributed by atoms with E-state index < -0.39 is 5.97 Å². The first-order valence-corrected chi connectivity index (χ1v) is 1.16. The minimum Gasteiger partial charge on any atom is -0.539 e. The van der Waals surface area contributed by atoms with Crippen LogP contribution in [0.2, 0.25) is 0 Å². The molecule has 0 saturated heterocycles. The van der Waals surface area contributed by atoms with Crippen LogP contribution < -0.4 is 5.11 Å². The molecule has 0 amide bonds. The van der Waals surface area contributed by atoms with E-state index in [9.17, 15) is 9.90 Å². The Balaban J connectivity index is 3.60. The van der Waals surface area contributed by atoms with Gasteiger partial charge in [-0.25, -0.2) is 0 Å². The van der Waals surface area contributed by atoms with Crippen LogP contribution in [-0.2, 0) is 4.79 Å². The summed E-state index contributed by atoms with van der Waals surface area (Å²) >= 11 is 0. The first kappa shape index (κ1) is 4.85. The third-order valence-corrected chi connectivity index (χ3v) is 0.163. The average molecular weight is 85.0 g/mol. The Bertz CT molecular complexity index is 102. The van der Waals surface area contributed by atoms with E-state index in [0.29, 0.717) is 0 Å². The summed E-state index contributed by atoms with van der Waals surface area (Å²) in [5.74, 6) is -1.50. The average Bonchev–Trinajstić information content (AvgIpc) is 1.35. The molecule has 0 radical (unpaired) electrons. The Labute approximate surface area is 33.6 Å². The second-order valence-corrected chi connectivity index (χ2v) is 0.564. The number of rotatable bonds is 1. The third-order valence-electron chi connectivity index (χ3n) is 0.163. The minimum absolute atomic E-state index is 0.278. The molecule has 0 heterocycles. The highest BCUT2D eigenvalue weighted by Crippen LogP contribution is 1.31. The summed E-state index contributed by atoms with van der Waals surface area (Å²) in [4.78, 5) is 11.3. The normalized spacial score (nSPS) is 6.00.